The van der Waals surface area contributed by atoms with Gasteiger partial charge in [-0.15, -0.1) is 0 Å². The van der Waals surface area contributed by atoms with Crippen LogP contribution >= 0.6 is 0 Å². The number of nitrogens with zero attached hydrogens (tertiary/aromatic N) is 2. The van der Waals surface area contributed by atoms with E-state index in [4.69, 9.17) is 0 Å². The number of hydrogen-bond acceptors (Lipinski definition) is 2. The van der Waals surface area contributed by atoms with Gasteiger partial charge in [-0.3, -0.25) is 5.10 Å². The molecule has 2 N–H and O–H groups in total. The van der Waals surface area contributed by atoms with Gasteiger partial charge >= 0.3 is 6.03 Å². The Morgan fingerprint density at radius 3 is 3.10 bits per heavy atom. The average Bonchev–Trinajstić information content (AvgIpc) is 3.08. The number of nitrogens with one attached hydrogen (secondary N) is 2. The van der Waals surface area contributed by atoms with Gasteiger partial charge in [0.15, 0.2) is 0 Å². The first-order valence-corrected chi connectivity index (χ1v) is 8.03. The Kier molecular flexibility index (Phi) is 4.58. The Morgan fingerprint density at radius 1 is 1.38 bits per heavy atom. The Bertz CT molecular complexity index is 482. The van der Waals surface area contributed by atoms with Crippen LogP contribution in [0.2, 0.25) is 0 Å². The third kappa shape index (κ3) is 3.46. The van der Waals surface area contributed by atoms with Crippen molar-refractivity contribution in [1.29, 1.82) is 0 Å². The maximum absolute atomic E-state index is 12.5. The lowest BCUT2D eigenvalue weighted by Crippen LogP contribution is -2.45. The summed E-state index contributed by atoms with van der Waals surface area (Å²) in [5, 5.41) is 10.0. The van der Waals surface area contributed by atoms with Gasteiger partial charge in [0.25, 0.3) is 0 Å². The lowest BCUT2D eigenvalue weighted by Gasteiger charge is -2.35. The summed E-state index contributed by atoms with van der Waals surface area (Å²) in [5.41, 5.74) is 1.12. The van der Waals surface area contributed by atoms with Gasteiger partial charge in [-0.05, 0) is 44.4 Å². The number of aromatic nitrogens is 2. The zero-order valence-electron chi connectivity index (χ0n) is 12.4. The molecule has 114 valence electrons. The van der Waals surface area contributed by atoms with Gasteiger partial charge in [0, 0.05) is 24.8 Å². The van der Waals surface area contributed by atoms with Crippen LogP contribution in [0.4, 0.5) is 4.79 Å². The van der Waals surface area contributed by atoms with Crippen molar-refractivity contribution in [2.24, 2.45) is 5.92 Å². The summed E-state index contributed by atoms with van der Waals surface area (Å²) in [4.78, 5) is 14.5. The minimum absolute atomic E-state index is 0.0791. The molecule has 2 aliphatic rings. The van der Waals surface area contributed by atoms with Crippen molar-refractivity contribution < 1.29 is 4.79 Å². The van der Waals surface area contributed by atoms with Crippen LogP contribution in [0, 0.1) is 5.92 Å². The van der Waals surface area contributed by atoms with Gasteiger partial charge in [-0.25, -0.2) is 4.79 Å². The normalized spacial score (nSPS) is 25.8. The first-order chi connectivity index (χ1) is 10.3. The fraction of sp³-hybridized carbons (Fsp3) is 0.625. The lowest BCUT2D eigenvalue weighted by molar-refractivity contribution is 0.150. The van der Waals surface area contributed by atoms with Crippen molar-refractivity contribution in [1.82, 2.24) is 20.4 Å². The van der Waals surface area contributed by atoms with Crippen LogP contribution in [0.5, 0.6) is 0 Å². The molecule has 1 aliphatic heterocycles. The molecule has 3 rings (SSSR count). The van der Waals surface area contributed by atoms with E-state index in [1.54, 1.807) is 0 Å². The van der Waals surface area contributed by atoms with Crippen LogP contribution in [0.25, 0.3) is 0 Å². The first-order valence-electron chi connectivity index (χ1n) is 8.03. The SMILES string of the molecule is O=C(NC[C@@H]1CC=CCC1)N1CCCC[C@@H]1c1cn[nH]c1. The quantitative estimate of drug-likeness (QED) is 0.840. The number of H-pyrrole nitrogens is 1. The van der Waals surface area contributed by atoms with Crippen LogP contribution in [0.15, 0.2) is 24.5 Å². The number of amides is 2. The molecule has 0 bridgehead atoms. The van der Waals surface area contributed by atoms with Gasteiger partial charge in [0.05, 0.1) is 12.2 Å². The van der Waals surface area contributed by atoms with E-state index >= 15 is 0 Å². The lowest BCUT2D eigenvalue weighted by atomic mass is 9.94. The first kappa shape index (κ1) is 14.2. The predicted molar refractivity (Wildman–Crippen MR) is 81.8 cm³/mol. The van der Waals surface area contributed by atoms with Crippen molar-refractivity contribution in [2.45, 2.75) is 44.6 Å². The minimum Gasteiger partial charge on any atom is -0.338 e. The Hall–Kier alpha value is -1.78. The number of carbonyl (C=O) groups is 1. The Labute approximate surface area is 125 Å². The molecule has 2 heterocycles. The fourth-order valence-corrected chi connectivity index (χ4v) is 3.34. The summed E-state index contributed by atoms with van der Waals surface area (Å²) >= 11 is 0. The van der Waals surface area contributed by atoms with Gasteiger partial charge in [0.2, 0.25) is 0 Å². The van der Waals surface area contributed by atoms with Gasteiger partial charge in [-0.1, -0.05) is 12.2 Å². The number of aromatic amines is 1. The van der Waals surface area contributed by atoms with E-state index in [2.05, 4.69) is 27.7 Å². The standard InChI is InChI=1S/C16H24N4O/c21-16(17-10-13-6-2-1-3-7-13)20-9-5-4-8-15(20)14-11-18-19-12-14/h1-2,11-13,15H,3-10H2,(H,17,21)(H,18,19)/t13-,15-/m1/s1. The third-order valence-corrected chi connectivity index (χ3v) is 4.59. The van der Waals surface area contributed by atoms with Crippen molar-refractivity contribution in [3.63, 3.8) is 0 Å². The highest BCUT2D eigenvalue weighted by Gasteiger charge is 2.28. The van der Waals surface area contributed by atoms with Gasteiger partial charge in [0.1, 0.15) is 0 Å². The Balaban J connectivity index is 1.57. The molecule has 0 unspecified atom stereocenters. The molecule has 0 radical (unpaired) electrons. The summed E-state index contributed by atoms with van der Waals surface area (Å²) in [5.74, 6) is 0.594. The summed E-state index contributed by atoms with van der Waals surface area (Å²) < 4.78 is 0. The number of likely N-dealkylation sites (tertiary alicyclic amines) is 1. The van der Waals surface area contributed by atoms with Crippen LogP contribution in [0.1, 0.15) is 50.1 Å². The zero-order chi connectivity index (χ0) is 14.5. The molecule has 2 atom stereocenters. The molecule has 2 amide bonds. The highest BCUT2D eigenvalue weighted by molar-refractivity contribution is 5.74. The highest BCUT2D eigenvalue weighted by atomic mass is 16.2. The largest absolute Gasteiger partial charge is 0.338 e. The van der Waals surface area contributed by atoms with Crippen LogP contribution in [-0.4, -0.2) is 34.2 Å². The van der Waals surface area contributed by atoms with Crippen molar-refractivity contribution in [3.8, 4) is 0 Å². The molecular formula is C16H24N4O. The Morgan fingerprint density at radius 2 is 2.33 bits per heavy atom. The topological polar surface area (TPSA) is 61.0 Å². The molecule has 1 aromatic rings. The van der Waals surface area contributed by atoms with E-state index in [0.29, 0.717) is 5.92 Å². The van der Waals surface area contributed by atoms with Crippen LogP contribution in [0.3, 0.4) is 0 Å². The zero-order valence-corrected chi connectivity index (χ0v) is 12.4. The van der Waals surface area contributed by atoms with E-state index < -0.39 is 0 Å². The van der Waals surface area contributed by atoms with Crippen molar-refractivity contribution in [3.05, 3.63) is 30.1 Å². The van der Waals surface area contributed by atoms with Crippen LogP contribution in [-0.2, 0) is 0 Å². The second-order valence-corrected chi connectivity index (χ2v) is 6.07. The number of rotatable bonds is 3. The van der Waals surface area contributed by atoms with E-state index in [1.165, 1.54) is 12.8 Å². The van der Waals surface area contributed by atoms with Gasteiger partial charge in [-0.2, -0.15) is 5.10 Å². The van der Waals surface area contributed by atoms with Crippen molar-refractivity contribution >= 4 is 6.03 Å². The maximum atomic E-state index is 12.5. The minimum atomic E-state index is 0.0791. The monoisotopic (exact) mass is 288 g/mol. The molecule has 1 saturated heterocycles. The number of hydrogen-bond donors (Lipinski definition) is 2. The molecular weight excluding hydrogens is 264 g/mol. The van der Waals surface area contributed by atoms with Crippen molar-refractivity contribution in [2.75, 3.05) is 13.1 Å². The fourth-order valence-electron chi connectivity index (χ4n) is 3.34. The highest BCUT2D eigenvalue weighted by Crippen LogP contribution is 2.30. The van der Waals surface area contributed by atoms with E-state index in [-0.39, 0.29) is 12.1 Å². The summed E-state index contributed by atoms with van der Waals surface area (Å²) in [6.45, 7) is 1.63. The smallest absolute Gasteiger partial charge is 0.317 e. The molecule has 1 aliphatic carbocycles. The van der Waals surface area contributed by atoms with Gasteiger partial charge < -0.3 is 10.2 Å². The summed E-state index contributed by atoms with van der Waals surface area (Å²) in [6, 6.07) is 0.249. The number of piperidine rings is 1. The molecule has 5 heteroatoms. The average molecular weight is 288 g/mol. The molecule has 1 aromatic heterocycles. The number of urea groups is 1. The summed E-state index contributed by atoms with van der Waals surface area (Å²) in [7, 11) is 0. The van der Waals surface area contributed by atoms with E-state index in [1.807, 2.05) is 17.3 Å². The molecule has 5 nitrogen and oxygen atoms in total. The second-order valence-electron chi connectivity index (χ2n) is 6.07. The number of allylic oxidation sites excluding steroid dienone is 2. The molecule has 0 saturated carbocycles. The number of carbonyl (C=O) groups excluding carboxylic acids is 1. The van der Waals surface area contributed by atoms with E-state index in [0.717, 1.165) is 44.3 Å². The third-order valence-electron chi connectivity index (χ3n) is 4.59. The maximum Gasteiger partial charge on any atom is 0.317 e. The summed E-state index contributed by atoms with van der Waals surface area (Å²) in [6.07, 6.45) is 14.9. The van der Waals surface area contributed by atoms with E-state index in [9.17, 15) is 4.79 Å². The second kappa shape index (κ2) is 6.78. The van der Waals surface area contributed by atoms with Crippen LogP contribution < -0.4 is 5.32 Å². The molecule has 0 aromatic carbocycles. The predicted octanol–water partition coefficient (Wildman–Crippen LogP) is 3.00. The molecule has 1 fully saturated rings. The molecule has 21 heavy (non-hydrogen) atoms. The molecule has 0 spiro atoms.